The van der Waals surface area contributed by atoms with Crippen LogP contribution in [0.25, 0.3) is 0 Å². The summed E-state index contributed by atoms with van der Waals surface area (Å²) in [4.78, 5) is 21.3. The molecule has 0 aliphatic heterocycles. The Bertz CT molecular complexity index is 491. The van der Waals surface area contributed by atoms with Gasteiger partial charge in [-0.1, -0.05) is 6.07 Å². The minimum atomic E-state index is -0.770. The molecule has 1 aliphatic rings. The van der Waals surface area contributed by atoms with Crippen molar-refractivity contribution >= 4 is 11.7 Å². The third-order valence-electron chi connectivity index (χ3n) is 3.31. The molecule has 0 spiro atoms. The van der Waals surface area contributed by atoms with Gasteiger partial charge in [-0.15, -0.1) is 0 Å². The van der Waals surface area contributed by atoms with Gasteiger partial charge in [0.1, 0.15) is 0 Å². The number of nitro benzene ring substituents is 1. The Hall–Kier alpha value is -1.91. The minimum Gasteiger partial charge on any atom is -0.481 e. The smallest absolute Gasteiger partial charge is 0.309 e. The number of rotatable bonds is 4. The number of nitro groups is 1. The molecule has 5 nitrogen and oxygen atoms in total. The molecular formula is C12H13NO4. The van der Waals surface area contributed by atoms with Crippen molar-refractivity contribution in [1.82, 2.24) is 0 Å². The molecule has 1 N–H and O–H groups in total. The topological polar surface area (TPSA) is 80.4 Å². The predicted molar refractivity (Wildman–Crippen MR) is 60.8 cm³/mol. The van der Waals surface area contributed by atoms with E-state index in [-0.39, 0.29) is 5.69 Å². The zero-order valence-electron chi connectivity index (χ0n) is 9.47. The van der Waals surface area contributed by atoms with E-state index in [0.29, 0.717) is 24.8 Å². The van der Waals surface area contributed by atoms with Gasteiger partial charge >= 0.3 is 5.97 Å². The Morgan fingerprint density at radius 2 is 2.18 bits per heavy atom. The normalized spacial score (nSPS) is 16.5. The van der Waals surface area contributed by atoms with Crippen LogP contribution in [-0.2, 0) is 11.2 Å². The molecule has 5 heteroatoms. The Balaban J connectivity index is 2.22. The Kier molecular flexibility index (Phi) is 2.61. The lowest BCUT2D eigenvalue weighted by atomic mass is 9.95. The number of hydrogen-bond donors (Lipinski definition) is 1. The number of carboxylic acids is 1. The van der Waals surface area contributed by atoms with E-state index in [2.05, 4.69) is 0 Å². The molecule has 1 aromatic carbocycles. The lowest BCUT2D eigenvalue weighted by Crippen LogP contribution is -2.17. The largest absolute Gasteiger partial charge is 0.481 e. The molecule has 1 fully saturated rings. The van der Waals surface area contributed by atoms with Gasteiger partial charge in [-0.3, -0.25) is 14.9 Å². The Labute approximate surface area is 98.2 Å². The molecule has 0 bridgehead atoms. The molecule has 1 aliphatic carbocycles. The molecule has 1 aromatic rings. The van der Waals surface area contributed by atoms with Crippen LogP contribution in [0, 0.1) is 22.5 Å². The fraction of sp³-hybridized carbons (Fsp3) is 0.417. The van der Waals surface area contributed by atoms with Crippen LogP contribution in [0.4, 0.5) is 5.69 Å². The molecule has 0 atom stereocenters. The zero-order chi connectivity index (χ0) is 12.6. The van der Waals surface area contributed by atoms with Gasteiger partial charge in [0.2, 0.25) is 0 Å². The summed E-state index contributed by atoms with van der Waals surface area (Å²) in [5.74, 6) is -0.770. The molecule has 1 saturated carbocycles. The van der Waals surface area contributed by atoms with Crippen LogP contribution in [0.5, 0.6) is 0 Å². The van der Waals surface area contributed by atoms with Crippen molar-refractivity contribution < 1.29 is 14.8 Å². The van der Waals surface area contributed by atoms with E-state index < -0.39 is 16.3 Å². The second kappa shape index (κ2) is 3.84. The second-order valence-electron chi connectivity index (χ2n) is 4.64. The Morgan fingerprint density at radius 1 is 1.53 bits per heavy atom. The van der Waals surface area contributed by atoms with Crippen molar-refractivity contribution in [3.63, 3.8) is 0 Å². The number of aryl methyl sites for hydroxylation is 1. The monoisotopic (exact) mass is 235 g/mol. The highest BCUT2D eigenvalue weighted by molar-refractivity contribution is 5.78. The average Bonchev–Trinajstić information content (AvgIpc) is 2.98. The third kappa shape index (κ3) is 2.13. The first-order valence-electron chi connectivity index (χ1n) is 5.42. The maximum Gasteiger partial charge on any atom is 0.309 e. The summed E-state index contributed by atoms with van der Waals surface area (Å²) in [5, 5.41) is 19.7. The van der Waals surface area contributed by atoms with Crippen LogP contribution in [0.15, 0.2) is 18.2 Å². The van der Waals surface area contributed by atoms with Crippen LogP contribution in [0.1, 0.15) is 24.0 Å². The van der Waals surface area contributed by atoms with Gasteiger partial charge in [0, 0.05) is 11.6 Å². The average molecular weight is 235 g/mol. The number of benzene rings is 1. The number of carboxylic acid groups (broad SMARTS) is 1. The molecule has 0 saturated heterocycles. The van der Waals surface area contributed by atoms with Crippen molar-refractivity contribution in [2.45, 2.75) is 26.2 Å². The van der Waals surface area contributed by atoms with Gasteiger partial charge < -0.3 is 5.11 Å². The molecule has 0 amide bonds. The van der Waals surface area contributed by atoms with Crippen molar-refractivity contribution in [2.24, 2.45) is 5.41 Å². The van der Waals surface area contributed by atoms with E-state index >= 15 is 0 Å². The summed E-state index contributed by atoms with van der Waals surface area (Å²) in [6.45, 7) is 1.67. The van der Waals surface area contributed by atoms with E-state index in [1.165, 1.54) is 6.07 Å². The summed E-state index contributed by atoms with van der Waals surface area (Å²) in [7, 11) is 0. The molecule has 2 rings (SSSR count). The van der Waals surface area contributed by atoms with Crippen molar-refractivity contribution in [1.29, 1.82) is 0 Å². The van der Waals surface area contributed by atoms with Crippen LogP contribution in [0.3, 0.4) is 0 Å². The van der Waals surface area contributed by atoms with E-state index in [9.17, 15) is 14.9 Å². The van der Waals surface area contributed by atoms with E-state index in [0.717, 1.165) is 5.56 Å². The molecule has 0 heterocycles. The molecule has 0 radical (unpaired) electrons. The first-order chi connectivity index (χ1) is 7.94. The highest BCUT2D eigenvalue weighted by Crippen LogP contribution is 2.48. The molecule has 0 aromatic heterocycles. The molecular weight excluding hydrogens is 222 g/mol. The van der Waals surface area contributed by atoms with Gasteiger partial charge in [0.15, 0.2) is 0 Å². The highest BCUT2D eigenvalue weighted by atomic mass is 16.6. The van der Waals surface area contributed by atoms with E-state index in [1.54, 1.807) is 19.1 Å². The lowest BCUT2D eigenvalue weighted by molar-refractivity contribution is -0.385. The SMILES string of the molecule is Cc1cc(CC2(C(=O)O)CC2)ccc1[N+](=O)[O-]. The fourth-order valence-electron chi connectivity index (χ4n) is 2.04. The molecule has 90 valence electrons. The number of hydrogen-bond acceptors (Lipinski definition) is 3. The summed E-state index contributed by atoms with van der Waals surface area (Å²) >= 11 is 0. The quantitative estimate of drug-likeness (QED) is 0.641. The van der Waals surface area contributed by atoms with Crippen molar-refractivity contribution in [3.05, 3.63) is 39.4 Å². The minimum absolute atomic E-state index is 0.0777. The zero-order valence-corrected chi connectivity index (χ0v) is 9.47. The fourth-order valence-corrected chi connectivity index (χ4v) is 2.04. The number of aliphatic carboxylic acids is 1. The highest BCUT2D eigenvalue weighted by Gasteiger charge is 2.49. The summed E-state index contributed by atoms with van der Waals surface area (Å²) in [6, 6.07) is 4.80. The lowest BCUT2D eigenvalue weighted by Gasteiger charge is -2.10. The van der Waals surface area contributed by atoms with Crippen LogP contribution in [-0.4, -0.2) is 16.0 Å². The maximum absolute atomic E-state index is 11.0. The standard InChI is InChI=1S/C12H13NO4/c1-8-6-9(2-3-10(8)13(16)17)7-12(4-5-12)11(14)15/h2-3,6H,4-5,7H2,1H3,(H,14,15). The van der Waals surface area contributed by atoms with Crippen molar-refractivity contribution in [2.75, 3.05) is 0 Å². The maximum atomic E-state index is 11.0. The van der Waals surface area contributed by atoms with Gasteiger partial charge in [0.25, 0.3) is 5.69 Å². The summed E-state index contributed by atoms with van der Waals surface area (Å²) in [5.41, 5.74) is 0.887. The van der Waals surface area contributed by atoms with E-state index in [1.807, 2.05) is 0 Å². The molecule has 17 heavy (non-hydrogen) atoms. The number of carbonyl (C=O) groups is 1. The Morgan fingerprint density at radius 3 is 2.59 bits per heavy atom. The summed E-state index contributed by atoms with van der Waals surface area (Å²) in [6.07, 6.45) is 1.85. The van der Waals surface area contributed by atoms with Crippen LogP contribution in [0.2, 0.25) is 0 Å². The number of nitrogens with zero attached hydrogens (tertiary/aromatic N) is 1. The van der Waals surface area contributed by atoms with Gasteiger partial charge in [-0.25, -0.2) is 0 Å². The van der Waals surface area contributed by atoms with Crippen molar-refractivity contribution in [3.8, 4) is 0 Å². The van der Waals surface area contributed by atoms with Gasteiger partial charge in [0.05, 0.1) is 10.3 Å². The predicted octanol–water partition coefficient (Wildman–Crippen LogP) is 2.31. The molecule has 0 unspecified atom stereocenters. The second-order valence-corrected chi connectivity index (χ2v) is 4.64. The van der Waals surface area contributed by atoms with Gasteiger partial charge in [-0.05, 0) is 37.8 Å². The van der Waals surface area contributed by atoms with E-state index in [4.69, 9.17) is 5.11 Å². The third-order valence-corrected chi connectivity index (χ3v) is 3.31. The first-order valence-corrected chi connectivity index (χ1v) is 5.42. The van der Waals surface area contributed by atoms with Gasteiger partial charge in [-0.2, -0.15) is 0 Å². The van der Waals surface area contributed by atoms with Crippen LogP contribution >= 0.6 is 0 Å². The first kappa shape index (κ1) is 11.6. The summed E-state index contributed by atoms with van der Waals surface area (Å²) < 4.78 is 0. The van der Waals surface area contributed by atoms with Crippen LogP contribution < -0.4 is 0 Å².